The summed E-state index contributed by atoms with van der Waals surface area (Å²) in [5.41, 5.74) is 1.51. The summed E-state index contributed by atoms with van der Waals surface area (Å²) in [7, 11) is 0. The van der Waals surface area contributed by atoms with E-state index in [1.807, 2.05) is 13.0 Å². The van der Waals surface area contributed by atoms with Crippen molar-refractivity contribution in [1.82, 2.24) is 4.57 Å². The van der Waals surface area contributed by atoms with E-state index in [-0.39, 0.29) is 12.0 Å². The Morgan fingerprint density at radius 1 is 1.50 bits per heavy atom. The zero-order valence-corrected chi connectivity index (χ0v) is 9.45. The molecule has 0 aliphatic rings. The zero-order chi connectivity index (χ0) is 11.7. The van der Waals surface area contributed by atoms with Crippen molar-refractivity contribution >= 4 is 22.5 Å². The lowest BCUT2D eigenvalue weighted by Crippen LogP contribution is -2.07. The van der Waals surface area contributed by atoms with Gasteiger partial charge in [-0.05, 0) is 24.6 Å². The number of halogens is 1. The highest BCUT2D eigenvalue weighted by atomic mass is 35.5. The molecule has 2 rings (SSSR count). The molecule has 1 heterocycles. The van der Waals surface area contributed by atoms with Crippen molar-refractivity contribution in [2.24, 2.45) is 0 Å². The van der Waals surface area contributed by atoms with E-state index in [1.54, 1.807) is 22.9 Å². The maximum Gasteiger partial charge on any atom is 0.189 e. The maximum atomic E-state index is 11.7. The smallest absolute Gasteiger partial charge is 0.189 e. The van der Waals surface area contributed by atoms with Crippen molar-refractivity contribution in [2.45, 2.75) is 13.5 Å². The minimum Gasteiger partial charge on any atom is -0.333 e. The number of aromatic nitrogens is 1. The lowest BCUT2D eigenvalue weighted by atomic mass is 10.1. The first-order chi connectivity index (χ1) is 7.63. The summed E-state index contributed by atoms with van der Waals surface area (Å²) in [5.74, 6) is 0. The highest BCUT2D eigenvalue weighted by Gasteiger charge is 2.05. The molecule has 0 N–H and O–H groups in total. The van der Waals surface area contributed by atoms with Gasteiger partial charge in [-0.15, -0.1) is 0 Å². The Morgan fingerprint density at radius 2 is 2.25 bits per heavy atom. The number of benzene rings is 1. The van der Waals surface area contributed by atoms with Crippen LogP contribution in [0.15, 0.2) is 29.2 Å². The summed E-state index contributed by atoms with van der Waals surface area (Å²) in [6.07, 6.45) is 1.61. The Kier molecular flexibility index (Phi) is 2.67. The Morgan fingerprint density at radius 3 is 2.94 bits per heavy atom. The first kappa shape index (κ1) is 10.7. The van der Waals surface area contributed by atoms with Crippen LogP contribution in [-0.4, -0.2) is 4.57 Å². The first-order valence-electron chi connectivity index (χ1n) is 4.80. The van der Waals surface area contributed by atoms with E-state index in [1.165, 1.54) is 6.07 Å². The molecular weight excluding hydrogens is 224 g/mol. The average molecular weight is 233 g/mol. The van der Waals surface area contributed by atoms with E-state index in [9.17, 15) is 4.79 Å². The fourth-order valence-electron chi connectivity index (χ4n) is 1.65. The van der Waals surface area contributed by atoms with Gasteiger partial charge >= 0.3 is 0 Å². The van der Waals surface area contributed by atoms with Crippen molar-refractivity contribution in [2.75, 3.05) is 0 Å². The number of pyridine rings is 1. The number of nitriles is 1. The minimum absolute atomic E-state index is 0.0519. The van der Waals surface area contributed by atoms with E-state index < -0.39 is 0 Å². The van der Waals surface area contributed by atoms with Crippen LogP contribution in [0.5, 0.6) is 0 Å². The van der Waals surface area contributed by atoms with E-state index in [0.717, 1.165) is 5.56 Å². The fraction of sp³-hybridized carbons (Fsp3) is 0.167. The van der Waals surface area contributed by atoms with Crippen LogP contribution in [0.2, 0.25) is 5.02 Å². The van der Waals surface area contributed by atoms with Crippen LogP contribution in [0, 0.1) is 18.3 Å². The van der Waals surface area contributed by atoms with Gasteiger partial charge in [0.1, 0.15) is 6.54 Å². The monoisotopic (exact) mass is 232 g/mol. The summed E-state index contributed by atoms with van der Waals surface area (Å²) in [6, 6.07) is 7.00. The SMILES string of the molecule is Cc1cc2c(=O)ccn(CC#N)c2cc1Cl. The van der Waals surface area contributed by atoms with Gasteiger partial charge in [0.2, 0.25) is 0 Å². The molecule has 0 bridgehead atoms. The second-order valence-electron chi connectivity index (χ2n) is 3.58. The van der Waals surface area contributed by atoms with Gasteiger partial charge in [0, 0.05) is 22.7 Å². The number of hydrogen-bond acceptors (Lipinski definition) is 2. The zero-order valence-electron chi connectivity index (χ0n) is 8.70. The van der Waals surface area contributed by atoms with Crippen molar-refractivity contribution in [1.29, 1.82) is 5.26 Å². The molecule has 0 aliphatic heterocycles. The maximum absolute atomic E-state index is 11.7. The molecule has 4 heteroatoms. The summed E-state index contributed by atoms with van der Waals surface area (Å²) in [6.45, 7) is 2.05. The average Bonchev–Trinajstić information content (AvgIpc) is 2.25. The molecule has 0 amide bonds. The normalized spacial score (nSPS) is 10.3. The molecule has 0 unspecified atom stereocenters. The third-order valence-electron chi connectivity index (χ3n) is 2.50. The number of hydrogen-bond donors (Lipinski definition) is 0. The Labute approximate surface area is 97.5 Å². The van der Waals surface area contributed by atoms with Gasteiger partial charge in [-0.1, -0.05) is 11.6 Å². The summed E-state index contributed by atoms with van der Waals surface area (Å²) < 4.78 is 1.71. The molecule has 0 saturated heterocycles. The topological polar surface area (TPSA) is 45.8 Å². The largest absolute Gasteiger partial charge is 0.333 e. The Bertz CT molecular complexity index is 652. The van der Waals surface area contributed by atoms with Crippen LogP contribution in [0.4, 0.5) is 0 Å². The standard InChI is InChI=1S/C12H9ClN2O/c1-8-6-9-11(7-10(8)13)15(5-3-14)4-2-12(9)16/h2,4,6-7H,5H2,1H3. The third kappa shape index (κ3) is 1.68. The quantitative estimate of drug-likeness (QED) is 0.758. The predicted molar refractivity (Wildman–Crippen MR) is 63.6 cm³/mol. The molecule has 1 aromatic heterocycles. The van der Waals surface area contributed by atoms with Crippen molar-refractivity contribution in [3.05, 3.63) is 45.2 Å². The van der Waals surface area contributed by atoms with Crippen molar-refractivity contribution < 1.29 is 0 Å². The van der Waals surface area contributed by atoms with Gasteiger partial charge in [-0.25, -0.2) is 0 Å². The van der Waals surface area contributed by atoms with E-state index >= 15 is 0 Å². The van der Waals surface area contributed by atoms with Crippen LogP contribution in [0.1, 0.15) is 5.56 Å². The molecule has 0 saturated carbocycles. The number of aryl methyl sites for hydroxylation is 1. The molecule has 0 spiro atoms. The molecule has 0 fully saturated rings. The van der Waals surface area contributed by atoms with Gasteiger partial charge in [0.05, 0.1) is 11.6 Å². The molecule has 3 nitrogen and oxygen atoms in total. The molecule has 2 aromatic rings. The van der Waals surface area contributed by atoms with Gasteiger partial charge in [-0.3, -0.25) is 4.79 Å². The Hall–Kier alpha value is -1.79. The minimum atomic E-state index is -0.0519. The van der Waals surface area contributed by atoms with Crippen LogP contribution >= 0.6 is 11.6 Å². The first-order valence-corrected chi connectivity index (χ1v) is 5.17. The van der Waals surface area contributed by atoms with E-state index in [0.29, 0.717) is 15.9 Å². The molecule has 0 radical (unpaired) electrons. The molecule has 0 aliphatic carbocycles. The summed E-state index contributed by atoms with van der Waals surface area (Å²) >= 11 is 6.01. The van der Waals surface area contributed by atoms with Gasteiger partial charge < -0.3 is 4.57 Å². The van der Waals surface area contributed by atoms with Crippen LogP contribution in [0.25, 0.3) is 10.9 Å². The number of rotatable bonds is 1. The summed E-state index contributed by atoms with van der Waals surface area (Å²) in [4.78, 5) is 11.7. The number of nitrogens with zero attached hydrogens (tertiary/aromatic N) is 2. The third-order valence-corrected chi connectivity index (χ3v) is 2.91. The van der Waals surface area contributed by atoms with Crippen molar-refractivity contribution in [3.63, 3.8) is 0 Å². The lowest BCUT2D eigenvalue weighted by Gasteiger charge is -2.08. The van der Waals surface area contributed by atoms with E-state index in [2.05, 4.69) is 0 Å². The van der Waals surface area contributed by atoms with E-state index in [4.69, 9.17) is 16.9 Å². The van der Waals surface area contributed by atoms with Gasteiger partial charge in [0.25, 0.3) is 0 Å². The molecule has 0 atom stereocenters. The van der Waals surface area contributed by atoms with Crippen LogP contribution in [0.3, 0.4) is 0 Å². The highest BCUT2D eigenvalue weighted by molar-refractivity contribution is 6.32. The van der Waals surface area contributed by atoms with Gasteiger partial charge in [0.15, 0.2) is 5.43 Å². The van der Waals surface area contributed by atoms with Crippen LogP contribution < -0.4 is 5.43 Å². The lowest BCUT2D eigenvalue weighted by molar-refractivity contribution is 0.861. The molecule has 80 valence electrons. The predicted octanol–water partition coefficient (Wildman–Crippen LogP) is 2.49. The summed E-state index contributed by atoms with van der Waals surface area (Å²) in [5, 5.41) is 9.89. The second kappa shape index (κ2) is 3.99. The molecule has 16 heavy (non-hydrogen) atoms. The fourth-order valence-corrected chi connectivity index (χ4v) is 1.81. The highest BCUT2D eigenvalue weighted by Crippen LogP contribution is 2.21. The second-order valence-corrected chi connectivity index (χ2v) is 3.99. The van der Waals surface area contributed by atoms with Gasteiger partial charge in [-0.2, -0.15) is 5.26 Å². The van der Waals surface area contributed by atoms with Crippen LogP contribution in [-0.2, 0) is 6.54 Å². The molecular formula is C12H9ClN2O. The number of fused-ring (bicyclic) bond motifs is 1. The Balaban J connectivity index is 2.88. The molecule has 1 aromatic carbocycles. The van der Waals surface area contributed by atoms with Crippen molar-refractivity contribution in [3.8, 4) is 6.07 Å².